The van der Waals surface area contributed by atoms with Crippen molar-refractivity contribution in [1.82, 2.24) is 4.90 Å². The van der Waals surface area contributed by atoms with Crippen molar-refractivity contribution in [3.8, 4) is 0 Å². The third kappa shape index (κ3) is 3.87. The Morgan fingerprint density at radius 1 is 1.03 bits per heavy atom. The normalized spacial score (nSPS) is 13.8. The number of ketones is 1. The smallest absolute Gasteiger partial charge is 0.338 e. The van der Waals surface area contributed by atoms with Gasteiger partial charge in [0.2, 0.25) is 5.78 Å². The fraction of sp³-hybridized carbons (Fsp3) is 0.217. The van der Waals surface area contributed by atoms with Crippen LogP contribution in [0.1, 0.15) is 60.8 Å². The SMILES string of the molecule is C=CCN1C(=O)c2ccc(C(=O)OC(C)C(=O)c3ccc(CC)cc3)cc2C1=O. The Labute approximate surface area is 168 Å². The van der Waals surface area contributed by atoms with Gasteiger partial charge in [0.25, 0.3) is 11.8 Å². The lowest BCUT2D eigenvalue weighted by atomic mass is 10.0. The molecule has 0 N–H and O–H groups in total. The molecule has 3 rings (SSSR count). The molecule has 1 unspecified atom stereocenters. The molecule has 0 saturated heterocycles. The molecule has 1 atom stereocenters. The molecule has 6 heteroatoms. The summed E-state index contributed by atoms with van der Waals surface area (Å²) in [6.07, 6.45) is 1.33. The third-order valence-corrected chi connectivity index (χ3v) is 4.82. The first-order chi connectivity index (χ1) is 13.9. The van der Waals surface area contributed by atoms with Crippen LogP contribution in [0, 0.1) is 0 Å². The quantitative estimate of drug-likeness (QED) is 0.312. The van der Waals surface area contributed by atoms with E-state index in [9.17, 15) is 19.2 Å². The Morgan fingerprint density at radius 3 is 2.28 bits per heavy atom. The average molecular weight is 391 g/mol. The molecule has 0 spiro atoms. The number of benzene rings is 2. The predicted octanol–water partition coefficient (Wildman–Crippen LogP) is 3.46. The van der Waals surface area contributed by atoms with Crippen molar-refractivity contribution < 1.29 is 23.9 Å². The van der Waals surface area contributed by atoms with Crippen LogP contribution in [0.3, 0.4) is 0 Å². The Kier molecular flexibility index (Phi) is 5.73. The number of imide groups is 1. The highest BCUT2D eigenvalue weighted by atomic mass is 16.5. The second-order valence-corrected chi connectivity index (χ2v) is 6.73. The van der Waals surface area contributed by atoms with Gasteiger partial charge in [-0.05, 0) is 37.1 Å². The van der Waals surface area contributed by atoms with Crippen LogP contribution in [0.15, 0.2) is 55.1 Å². The largest absolute Gasteiger partial charge is 0.451 e. The summed E-state index contributed by atoms with van der Waals surface area (Å²) in [6, 6.07) is 11.3. The van der Waals surface area contributed by atoms with Crippen molar-refractivity contribution in [3.63, 3.8) is 0 Å². The molecule has 2 aromatic carbocycles. The van der Waals surface area contributed by atoms with Gasteiger partial charge in [0.05, 0.1) is 16.7 Å². The Morgan fingerprint density at radius 2 is 1.66 bits per heavy atom. The molecule has 1 aliphatic rings. The number of rotatable bonds is 7. The van der Waals surface area contributed by atoms with Crippen LogP contribution < -0.4 is 0 Å². The molecule has 0 radical (unpaired) electrons. The molecule has 2 aromatic rings. The first-order valence-corrected chi connectivity index (χ1v) is 9.32. The molecule has 6 nitrogen and oxygen atoms in total. The number of carbonyl (C=O) groups excluding carboxylic acids is 4. The minimum atomic E-state index is -0.988. The number of ether oxygens (including phenoxy) is 1. The average Bonchev–Trinajstić information content (AvgIpc) is 2.97. The standard InChI is InChI=1S/C23H21NO5/c1-4-12-24-21(26)18-11-10-17(13-19(18)22(24)27)23(28)29-14(3)20(25)16-8-6-15(5-2)7-9-16/h4,6-11,13-14H,1,5,12H2,2-3H3. The van der Waals surface area contributed by atoms with Crippen LogP contribution in [-0.4, -0.2) is 41.1 Å². The molecule has 1 aliphatic heterocycles. The van der Waals surface area contributed by atoms with Crippen LogP contribution in [0.4, 0.5) is 0 Å². The summed E-state index contributed by atoms with van der Waals surface area (Å²) in [6.45, 7) is 7.15. The predicted molar refractivity (Wildman–Crippen MR) is 107 cm³/mol. The van der Waals surface area contributed by atoms with Gasteiger partial charge in [-0.25, -0.2) is 4.79 Å². The number of nitrogens with zero attached hydrogens (tertiary/aromatic N) is 1. The fourth-order valence-electron chi connectivity index (χ4n) is 3.13. The molecule has 0 bridgehead atoms. The molecule has 148 valence electrons. The number of carbonyl (C=O) groups is 4. The zero-order valence-electron chi connectivity index (χ0n) is 16.3. The second-order valence-electron chi connectivity index (χ2n) is 6.73. The molecule has 0 fully saturated rings. The highest BCUT2D eigenvalue weighted by Crippen LogP contribution is 2.24. The Bertz CT molecular complexity index is 1010. The van der Waals surface area contributed by atoms with Gasteiger partial charge in [0, 0.05) is 12.1 Å². The van der Waals surface area contributed by atoms with Crippen molar-refractivity contribution in [2.45, 2.75) is 26.4 Å². The van der Waals surface area contributed by atoms with Gasteiger partial charge in [-0.3, -0.25) is 19.3 Å². The van der Waals surface area contributed by atoms with Gasteiger partial charge in [0.1, 0.15) is 0 Å². The maximum Gasteiger partial charge on any atom is 0.338 e. The molecule has 0 saturated carbocycles. The van der Waals surface area contributed by atoms with Crippen molar-refractivity contribution >= 4 is 23.6 Å². The van der Waals surface area contributed by atoms with Gasteiger partial charge in [-0.2, -0.15) is 0 Å². The van der Waals surface area contributed by atoms with E-state index in [1.807, 2.05) is 19.1 Å². The van der Waals surface area contributed by atoms with Crippen molar-refractivity contribution in [2.75, 3.05) is 6.54 Å². The van der Waals surface area contributed by atoms with Crippen molar-refractivity contribution in [3.05, 3.63) is 82.9 Å². The summed E-state index contributed by atoms with van der Waals surface area (Å²) in [5, 5.41) is 0. The minimum Gasteiger partial charge on any atom is -0.451 e. The van der Waals surface area contributed by atoms with Crippen LogP contribution in [0.25, 0.3) is 0 Å². The van der Waals surface area contributed by atoms with Gasteiger partial charge in [-0.15, -0.1) is 6.58 Å². The number of hydrogen-bond donors (Lipinski definition) is 0. The van der Waals surface area contributed by atoms with E-state index in [1.54, 1.807) is 12.1 Å². The lowest BCUT2D eigenvalue weighted by molar-refractivity contribution is 0.0318. The van der Waals surface area contributed by atoms with Crippen LogP contribution in [-0.2, 0) is 11.2 Å². The third-order valence-electron chi connectivity index (χ3n) is 4.82. The number of fused-ring (bicyclic) bond motifs is 1. The minimum absolute atomic E-state index is 0.0917. The maximum absolute atomic E-state index is 12.5. The number of amides is 2. The van der Waals surface area contributed by atoms with E-state index < -0.39 is 23.9 Å². The zero-order chi connectivity index (χ0) is 21.1. The second kappa shape index (κ2) is 8.22. The van der Waals surface area contributed by atoms with Crippen molar-refractivity contribution in [1.29, 1.82) is 0 Å². The Hall–Kier alpha value is -3.54. The van der Waals surface area contributed by atoms with E-state index in [2.05, 4.69) is 6.58 Å². The number of esters is 1. The van der Waals surface area contributed by atoms with E-state index in [1.165, 1.54) is 31.2 Å². The van der Waals surface area contributed by atoms with E-state index >= 15 is 0 Å². The first-order valence-electron chi connectivity index (χ1n) is 9.32. The first kappa shape index (κ1) is 20.2. The van der Waals surface area contributed by atoms with Crippen LogP contribution >= 0.6 is 0 Å². The molecule has 0 aliphatic carbocycles. The molecule has 2 amide bonds. The lowest BCUT2D eigenvalue weighted by Gasteiger charge is -2.13. The van der Waals surface area contributed by atoms with Gasteiger partial charge in [-0.1, -0.05) is 37.3 Å². The van der Waals surface area contributed by atoms with Crippen molar-refractivity contribution in [2.24, 2.45) is 0 Å². The Balaban J connectivity index is 1.74. The lowest BCUT2D eigenvalue weighted by Crippen LogP contribution is -2.29. The summed E-state index contributed by atoms with van der Waals surface area (Å²) < 4.78 is 5.29. The molecular weight excluding hydrogens is 370 g/mol. The summed E-state index contributed by atoms with van der Waals surface area (Å²) >= 11 is 0. The molecule has 29 heavy (non-hydrogen) atoms. The van der Waals surface area contributed by atoms with Crippen LogP contribution in [0.5, 0.6) is 0 Å². The fourth-order valence-corrected chi connectivity index (χ4v) is 3.13. The molecule has 0 aromatic heterocycles. The number of hydrogen-bond acceptors (Lipinski definition) is 5. The van der Waals surface area contributed by atoms with E-state index in [0.29, 0.717) is 5.56 Å². The number of Topliss-reactive ketones (excluding diaryl/α,β-unsaturated/α-hetero) is 1. The van der Waals surface area contributed by atoms with Gasteiger partial charge < -0.3 is 4.74 Å². The topological polar surface area (TPSA) is 80.8 Å². The van der Waals surface area contributed by atoms with E-state index in [-0.39, 0.29) is 29.0 Å². The highest BCUT2D eigenvalue weighted by molar-refractivity contribution is 6.22. The van der Waals surface area contributed by atoms with E-state index in [0.717, 1.165) is 16.9 Å². The summed E-state index contributed by atoms with van der Waals surface area (Å²) in [5.41, 5.74) is 2.03. The summed E-state index contributed by atoms with van der Waals surface area (Å²) in [7, 11) is 0. The van der Waals surface area contributed by atoms with E-state index in [4.69, 9.17) is 4.74 Å². The molecular formula is C23H21NO5. The maximum atomic E-state index is 12.5. The highest BCUT2D eigenvalue weighted by Gasteiger charge is 2.35. The summed E-state index contributed by atoms with van der Waals surface area (Å²) in [5.74, 6) is -1.96. The monoisotopic (exact) mass is 391 g/mol. The van der Waals surface area contributed by atoms with Gasteiger partial charge >= 0.3 is 5.97 Å². The molecule has 1 heterocycles. The van der Waals surface area contributed by atoms with Crippen LogP contribution in [0.2, 0.25) is 0 Å². The van der Waals surface area contributed by atoms with Gasteiger partial charge in [0.15, 0.2) is 6.10 Å². The zero-order valence-corrected chi connectivity index (χ0v) is 16.3. The summed E-state index contributed by atoms with van der Waals surface area (Å²) in [4.78, 5) is 50.7. The number of aryl methyl sites for hydroxylation is 1.